The first-order valence-electron chi connectivity index (χ1n) is 20.4. The molecule has 3 aromatic heterocycles. The van der Waals surface area contributed by atoms with Gasteiger partial charge in [0.25, 0.3) is 0 Å². The van der Waals surface area contributed by atoms with Gasteiger partial charge in [-0.15, -0.1) is 0 Å². The number of furan rings is 1. The van der Waals surface area contributed by atoms with Gasteiger partial charge < -0.3 is 4.42 Å². The summed E-state index contributed by atoms with van der Waals surface area (Å²) in [5.41, 5.74) is 19.8. The highest BCUT2D eigenvalue weighted by molar-refractivity contribution is 6.26. The number of fused-ring (bicyclic) bond motifs is 6. The number of pyridine rings is 2. The van der Waals surface area contributed by atoms with E-state index in [2.05, 4.69) is 162 Å². The van der Waals surface area contributed by atoms with Crippen LogP contribution >= 0.6 is 0 Å². The normalized spacial score (nSPS) is 11.6. The molecule has 8 aromatic carbocycles. The molecule has 4 heteroatoms. The van der Waals surface area contributed by atoms with E-state index in [-0.39, 0.29) is 0 Å². The Labute approximate surface area is 352 Å². The molecule has 0 spiro atoms. The summed E-state index contributed by atoms with van der Waals surface area (Å²) in [6, 6.07) is 68.7. The monoisotopic (exact) mass is 775 g/mol. The zero-order valence-electron chi connectivity index (χ0n) is 32.8. The van der Waals surface area contributed by atoms with Gasteiger partial charge in [0.05, 0.1) is 23.0 Å². The number of nitrogens with zero attached hydrogens (tertiary/aromatic N) is 3. The quantitative estimate of drug-likeness (QED) is 0.169. The van der Waals surface area contributed by atoms with Crippen molar-refractivity contribution in [1.82, 2.24) is 9.97 Å². The van der Waals surface area contributed by atoms with E-state index in [9.17, 15) is 5.26 Å². The Hall–Kier alpha value is -8.39. The van der Waals surface area contributed by atoms with Crippen molar-refractivity contribution in [2.75, 3.05) is 0 Å². The molecule has 11 aromatic rings. The molecule has 282 valence electrons. The smallest absolute Gasteiger partial charge is 0.136 e. The van der Waals surface area contributed by atoms with Crippen molar-refractivity contribution in [2.45, 2.75) is 0 Å². The van der Waals surface area contributed by atoms with Crippen LogP contribution in [0.5, 0.6) is 0 Å². The van der Waals surface area contributed by atoms with Crippen LogP contribution in [-0.4, -0.2) is 9.97 Å². The van der Waals surface area contributed by atoms with Crippen LogP contribution in [0.3, 0.4) is 0 Å². The second-order valence-electron chi connectivity index (χ2n) is 15.5. The Balaban J connectivity index is 1.24. The molecule has 0 saturated carbocycles. The van der Waals surface area contributed by atoms with Gasteiger partial charge in [-0.25, -0.2) is 0 Å². The predicted molar refractivity (Wildman–Crippen MR) is 249 cm³/mol. The zero-order chi connectivity index (χ0) is 40.4. The average molecular weight is 776 g/mol. The molecule has 61 heavy (non-hydrogen) atoms. The molecule has 0 atom stereocenters. The third-order valence-corrected chi connectivity index (χ3v) is 12.2. The van der Waals surface area contributed by atoms with Crippen molar-refractivity contribution in [1.29, 1.82) is 5.26 Å². The molecule has 1 aliphatic carbocycles. The molecule has 0 amide bonds. The minimum absolute atomic E-state index is 0.570. The van der Waals surface area contributed by atoms with Gasteiger partial charge in [-0.05, 0) is 132 Å². The lowest BCUT2D eigenvalue weighted by atomic mass is 9.76. The molecule has 12 rings (SSSR count). The molecule has 0 N–H and O–H groups in total. The van der Waals surface area contributed by atoms with Crippen LogP contribution in [0.15, 0.2) is 205 Å². The van der Waals surface area contributed by atoms with Crippen molar-refractivity contribution >= 4 is 32.7 Å². The number of hydrogen-bond donors (Lipinski definition) is 0. The molecule has 4 nitrogen and oxygen atoms in total. The highest BCUT2D eigenvalue weighted by atomic mass is 16.3. The summed E-state index contributed by atoms with van der Waals surface area (Å²) in [4.78, 5) is 9.35. The minimum Gasteiger partial charge on any atom is -0.456 e. The Kier molecular flexibility index (Phi) is 7.88. The summed E-state index contributed by atoms with van der Waals surface area (Å²) in [6.07, 6.45) is 3.69. The van der Waals surface area contributed by atoms with Gasteiger partial charge in [0.2, 0.25) is 0 Å². The van der Waals surface area contributed by atoms with E-state index >= 15 is 0 Å². The van der Waals surface area contributed by atoms with Gasteiger partial charge in [0.1, 0.15) is 11.2 Å². The molecule has 0 saturated heterocycles. The first-order chi connectivity index (χ1) is 30.2. The largest absolute Gasteiger partial charge is 0.456 e. The third kappa shape index (κ3) is 5.53. The first-order valence-corrected chi connectivity index (χ1v) is 20.4. The summed E-state index contributed by atoms with van der Waals surface area (Å²) >= 11 is 0. The van der Waals surface area contributed by atoms with E-state index in [1.165, 1.54) is 38.6 Å². The van der Waals surface area contributed by atoms with E-state index in [4.69, 9.17) is 4.42 Å². The highest BCUT2D eigenvalue weighted by Gasteiger charge is 2.34. The fraction of sp³-hybridized carbons (Fsp3) is 0. The van der Waals surface area contributed by atoms with Crippen molar-refractivity contribution in [3.63, 3.8) is 0 Å². The second kappa shape index (κ2) is 13.9. The molecule has 0 bridgehead atoms. The van der Waals surface area contributed by atoms with Gasteiger partial charge in [-0.2, -0.15) is 5.26 Å². The van der Waals surface area contributed by atoms with Crippen LogP contribution in [0.25, 0.3) is 122 Å². The van der Waals surface area contributed by atoms with Gasteiger partial charge in [0.15, 0.2) is 0 Å². The van der Waals surface area contributed by atoms with Crippen LogP contribution in [0.4, 0.5) is 0 Å². The maximum absolute atomic E-state index is 9.72. The summed E-state index contributed by atoms with van der Waals surface area (Å²) in [7, 11) is 0. The third-order valence-electron chi connectivity index (χ3n) is 12.2. The molecule has 3 heterocycles. The molecule has 0 unspecified atom stereocenters. The van der Waals surface area contributed by atoms with E-state index in [0.717, 1.165) is 77.8 Å². The number of rotatable bonds is 6. The van der Waals surface area contributed by atoms with Crippen LogP contribution in [0.2, 0.25) is 0 Å². The highest BCUT2D eigenvalue weighted by Crippen LogP contribution is 2.61. The Morgan fingerprint density at radius 3 is 1.41 bits per heavy atom. The summed E-state index contributed by atoms with van der Waals surface area (Å²) in [5.74, 6) is 0. The van der Waals surface area contributed by atoms with Crippen LogP contribution in [-0.2, 0) is 0 Å². The predicted octanol–water partition coefficient (Wildman–Crippen LogP) is 15.1. The Morgan fingerprint density at radius 1 is 0.377 bits per heavy atom. The topological polar surface area (TPSA) is 62.7 Å². The lowest BCUT2D eigenvalue weighted by Crippen LogP contribution is -2.00. The van der Waals surface area contributed by atoms with Crippen LogP contribution < -0.4 is 0 Å². The first kappa shape index (κ1) is 34.6. The Bertz CT molecular complexity index is 3540. The molecular formula is C57H33N3O. The van der Waals surface area contributed by atoms with Gasteiger partial charge >= 0.3 is 0 Å². The maximum Gasteiger partial charge on any atom is 0.136 e. The van der Waals surface area contributed by atoms with Crippen molar-refractivity contribution in [3.8, 4) is 95.3 Å². The molecule has 0 fully saturated rings. The number of nitriles is 1. The lowest BCUT2D eigenvalue weighted by Gasteiger charge is -2.26. The van der Waals surface area contributed by atoms with Crippen LogP contribution in [0.1, 0.15) is 5.56 Å². The van der Waals surface area contributed by atoms with Crippen LogP contribution in [0, 0.1) is 11.3 Å². The average Bonchev–Trinajstić information content (AvgIpc) is 3.87. The SMILES string of the molecule is N#Cc1ccc2c(c1)oc1cc(-c3c(-c4ccccc4)c(-c4ccc(-c5ccccn5)cc4)c4c(c3-c3ccc(-c5ccccn5)cc3)-c3cccc5cccc-4c35)ccc12. The van der Waals surface area contributed by atoms with Gasteiger partial charge in [0, 0.05) is 34.3 Å². The van der Waals surface area contributed by atoms with E-state index < -0.39 is 0 Å². The fourth-order valence-electron chi connectivity index (χ4n) is 9.49. The van der Waals surface area contributed by atoms with E-state index in [1.807, 2.05) is 54.9 Å². The van der Waals surface area contributed by atoms with Crippen molar-refractivity contribution < 1.29 is 4.42 Å². The zero-order valence-corrected chi connectivity index (χ0v) is 32.8. The standard InChI is InChI=1S/C57H33N3O/c58-34-35-18-28-43-44-29-27-42(33-50(44)61-49(43)32-35)55-52(39-10-2-1-3-11-39)53(40-23-19-36(20-24-40)47-16-4-6-30-59-47)56-45-14-8-12-38-13-9-15-46(51(38)45)57(56)54(55)41-25-21-37(22-26-41)48-17-5-7-31-60-48/h1-33H. The number of benzene rings is 8. The number of hydrogen-bond acceptors (Lipinski definition) is 4. The van der Waals surface area contributed by atoms with E-state index in [1.54, 1.807) is 0 Å². The summed E-state index contributed by atoms with van der Waals surface area (Å²) in [6.45, 7) is 0. The lowest BCUT2D eigenvalue weighted by molar-refractivity contribution is 0.669. The minimum atomic E-state index is 0.570. The molecule has 1 aliphatic rings. The molecule has 0 aliphatic heterocycles. The fourth-order valence-corrected chi connectivity index (χ4v) is 9.49. The van der Waals surface area contributed by atoms with Crippen molar-refractivity contribution in [2.24, 2.45) is 0 Å². The van der Waals surface area contributed by atoms with Gasteiger partial charge in [-0.1, -0.05) is 133 Å². The summed E-state index contributed by atoms with van der Waals surface area (Å²) in [5, 5.41) is 14.2. The Morgan fingerprint density at radius 2 is 0.852 bits per heavy atom. The number of aromatic nitrogens is 2. The molecule has 0 radical (unpaired) electrons. The van der Waals surface area contributed by atoms with E-state index in [0.29, 0.717) is 11.1 Å². The maximum atomic E-state index is 9.72. The summed E-state index contributed by atoms with van der Waals surface area (Å²) < 4.78 is 6.61. The second-order valence-corrected chi connectivity index (χ2v) is 15.5. The van der Waals surface area contributed by atoms with Crippen molar-refractivity contribution in [3.05, 3.63) is 206 Å². The van der Waals surface area contributed by atoms with Gasteiger partial charge in [-0.3, -0.25) is 9.97 Å². The molecular weight excluding hydrogens is 743 g/mol.